The van der Waals surface area contributed by atoms with Crippen LogP contribution in [0.5, 0.6) is 0 Å². The number of benzene rings is 1. The molecule has 1 aromatic carbocycles. The molecule has 25 heavy (non-hydrogen) atoms. The zero-order valence-corrected chi connectivity index (χ0v) is 15.3. The van der Waals surface area contributed by atoms with Crippen molar-refractivity contribution in [2.75, 3.05) is 5.32 Å². The number of anilines is 1. The Labute approximate surface area is 155 Å². The fourth-order valence-electron chi connectivity index (χ4n) is 2.36. The van der Waals surface area contributed by atoms with Crippen LogP contribution in [0.2, 0.25) is 10.0 Å². The number of hydrogen-bond donors (Lipinski definition) is 1. The summed E-state index contributed by atoms with van der Waals surface area (Å²) in [7, 11) is 0. The van der Waals surface area contributed by atoms with Crippen molar-refractivity contribution in [1.82, 2.24) is 19.6 Å². The molecule has 0 radical (unpaired) electrons. The van der Waals surface area contributed by atoms with E-state index in [-0.39, 0.29) is 5.91 Å². The monoisotopic (exact) mass is 377 g/mol. The molecule has 6 nitrogen and oxygen atoms in total. The van der Waals surface area contributed by atoms with Gasteiger partial charge in [-0.3, -0.25) is 14.2 Å². The molecule has 0 bridgehead atoms. The molecular weight excluding hydrogens is 361 g/mol. The molecule has 0 aliphatic carbocycles. The van der Waals surface area contributed by atoms with Crippen molar-refractivity contribution < 1.29 is 4.79 Å². The van der Waals surface area contributed by atoms with E-state index in [1.54, 1.807) is 52.9 Å². The number of carbonyl (C=O) groups is 1. The Balaban J connectivity index is 1.68. The number of amides is 1. The number of rotatable bonds is 5. The van der Waals surface area contributed by atoms with Crippen molar-refractivity contribution in [2.45, 2.75) is 26.4 Å². The van der Waals surface area contributed by atoms with Gasteiger partial charge in [-0.05, 0) is 31.5 Å². The van der Waals surface area contributed by atoms with E-state index in [2.05, 4.69) is 15.5 Å². The van der Waals surface area contributed by atoms with Crippen molar-refractivity contribution >= 4 is 34.9 Å². The second-order valence-electron chi connectivity index (χ2n) is 5.76. The van der Waals surface area contributed by atoms with Gasteiger partial charge >= 0.3 is 0 Å². The molecule has 2 aromatic heterocycles. The second kappa shape index (κ2) is 7.29. The third-order valence-corrected chi connectivity index (χ3v) is 4.49. The van der Waals surface area contributed by atoms with Crippen LogP contribution in [0, 0.1) is 6.92 Å². The zero-order valence-electron chi connectivity index (χ0n) is 13.8. The van der Waals surface area contributed by atoms with Gasteiger partial charge in [0.1, 0.15) is 6.04 Å². The van der Waals surface area contributed by atoms with Gasteiger partial charge in [0, 0.05) is 34.1 Å². The summed E-state index contributed by atoms with van der Waals surface area (Å²) in [5.74, 6) is 0.271. The van der Waals surface area contributed by atoms with E-state index < -0.39 is 6.04 Å². The average Bonchev–Trinajstić information content (AvgIpc) is 3.19. The molecule has 0 fully saturated rings. The van der Waals surface area contributed by atoms with Crippen molar-refractivity contribution in [3.8, 4) is 0 Å². The number of nitrogens with one attached hydrogen (secondary N) is 1. The minimum atomic E-state index is -0.433. The van der Waals surface area contributed by atoms with Crippen LogP contribution in [0.3, 0.4) is 0 Å². The number of aromatic nitrogens is 4. The summed E-state index contributed by atoms with van der Waals surface area (Å²) >= 11 is 12.4. The Morgan fingerprint density at radius 3 is 2.64 bits per heavy atom. The minimum Gasteiger partial charge on any atom is -0.307 e. The lowest BCUT2D eigenvalue weighted by atomic mass is 10.2. The minimum absolute atomic E-state index is 0.191. The molecule has 1 amide bonds. The summed E-state index contributed by atoms with van der Waals surface area (Å²) in [4.78, 5) is 12.3. The van der Waals surface area contributed by atoms with Crippen LogP contribution in [0.4, 0.5) is 5.82 Å². The lowest BCUT2D eigenvalue weighted by molar-refractivity contribution is -0.119. The highest BCUT2D eigenvalue weighted by atomic mass is 35.5. The smallest absolute Gasteiger partial charge is 0.250 e. The maximum absolute atomic E-state index is 12.3. The third kappa shape index (κ3) is 4.03. The highest BCUT2D eigenvalue weighted by Gasteiger charge is 2.17. The molecule has 0 saturated carbocycles. The van der Waals surface area contributed by atoms with E-state index in [0.717, 1.165) is 11.1 Å². The topological polar surface area (TPSA) is 64.7 Å². The number of nitrogens with zero attached hydrogens (tertiary/aromatic N) is 4. The van der Waals surface area contributed by atoms with Crippen molar-refractivity contribution in [3.63, 3.8) is 0 Å². The molecule has 3 rings (SSSR count). The molecule has 0 aliphatic rings. The summed E-state index contributed by atoms with van der Waals surface area (Å²) in [5, 5.41) is 12.5. The van der Waals surface area contributed by atoms with Gasteiger partial charge in [-0.25, -0.2) is 0 Å². The second-order valence-corrected chi connectivity index (χ2v) is 6.58. The van der Waals surface area contributed by atoms with E-state index in [1.807, 2.05) is 13.1 Å². The molecule has 1 unspecified atom stereocenters. The Hall–Kier alpha value is -2.31. The number of hydrogen-bond acceptors (Lipinski definition) is 3. The fourth-order valence-corrected chi connectivity index (χ4v) is 2.87. The molecule has 1 atom stereocenters. The lowest BCUT2D eigenvalue weighted by Gasteiger charge is -2.11. The average molecular weight is 378 g/mol. The predicted octanol–water partition coefficient (Wildman–Crippen LogP) is 3.94. The van der Waals surface area contributed by atoms with E-state index in [1.165, 1.54) is 0 Å². The van der Waals surface area contributed by atoms with Gasteiger partial charge in [-0.1, -0.05) is 29.3 Å². The molecule has 0 aliphatic heterocycles. The van der Waals surface area contributed by atoms with Crippen LogP contribution < -0.4 is 5.32 Å². The molecule has 8 heteroatoms. The normalized spacial score (nSPS) is 12.2. The maximum atomic E-state index is 12.3. The lowest BCUT2D eigenvalue weighted by Crippen LogP contribution is -2.24. The molecule has 1 N–H and O–H groups in total. The highest BCUT2D eigenvalue weighted by molar-refractivity contribution is 6.35. The van der Waals surface area contributed by atoms with E-state index in [9.17, 15) is 4.79 Å². The first-order chi connectivity index (χ1) is 11.9. The standard InChI is InChI=1S/C17H17Cl2N5O/c1-11-8-20-24(9-11)12(2)17(25)21-16-6-7-23(22-16)10-13-14(18)4-3-5-15(13)19/h3-9,12H,10H2,1-2H3,(H,21,22,25). The Morgan fingerprint density at radius 2 is 2.00 bits per heavy atom. The van der Waals surface area contributed by atoms with Gasteiger partial charge in [0.15, 0.2) is 5.82 Å². The van der Waals surface area contributed by atoms with Gasteiger partial charge in [-0.2, -0.15) is 10.2 Å². The highest BCUT2D eigenvalue weighted by Crippen LogP contribution is 2.25. The molecule has 130 valence electrons. The Morgan fingerprint density at radius 1 is 1.28 bits per heavy atom. The predicted molar refractivity (Wildman–Crippen MR) is 98.1 cm³/mol. The van der Waals surface area contributed by atoms with Crippen LogP contribution in [-0.2, 0) is 11.3 Å². The van der Waals surface area contributed by atoms with Crippen LogP contribution in [0.1, 0.15) is 24.1 Å². The summed E-state index contributed by atoms with van der Waals surface area (Å²) in [6, 6.07) is 6.65. The van der Waals surface area contributed by atoms with Crippen LogP contribution >= 0.6 is 23.2 Å². The summed E-state index contributed by atoms with van der Waals surface area (Å²) in [5.41, 5.74) is 1.78. The zero-order chi connectivity index (χ0) is 18.0. The molecule has 0 saturated heterocycles. The van der Waals surface area contributed by atoms with Gasteiger partial charge in [-0.15, -0.1) is 0 Å². The van der Waals surface area contributed by atoms with Gasteiger partial charge in [0.05, 0.1) is 12.7 Å². The molecule has 2 heterocycles. The quantitative estimate of drug-likeness (QED) is 0.731. The Kier molecular flexibility index (Phi) is 5.11. The van der Waals surface area contributed by atoms with E-state index in [0.29, 0.717) is 22.4 Å². The number of carbonyl (C=O) groups excluding carboxylic acids is 1. The van der Waals surface area contributed by atoms with Gasteiger partial charge in [0.2, 0.25) is 5.91 Å². The van der Waals surface area contributed by atoms with Crippen LogP contribution in [0.25, 0.3) is 0 Å². The third-order valence-electron chi connectivity index (χ3n) is 3.78. The van der Waals surface area contributed by atoms with Crippen molar-refractivity contribution in [3.05, 3.63) is 64.0 Å². The van der Waals surface area contributed by atoms with Crippen LogP contribution in [0.15, 0.2) is 42.9 Å². The first-order valence-corrected chi connectivity index (χ1v) is 8.47. The van der Waals surface area contributed by atoms with Crippen molar-refractivity contribution in [1.29, 1.82) is 0 Å². The van der Waals surface area contributed by atoms with E-state index in [4.69, 9.17) is 23.2 Å². The maximum Gasteiger partial charge on any atom is 0.250 e. The molecular formula is C17H17Cl2N5O. The van der Waals surface area contributed by atoms with Crippen LogP contribution in [-0.4, -0.2) is 25.5 Å². The SMILES string of the molecule is Cc1cnn(C(C)C(=O)Nc2ccn(Cc3c(Cl)cccc3Cl)n2)c1. The largest absolute Gasteiger partial charge is 0.307 e. The summed E-state index contributed by atoms with van der Waals surface area (Å²) in [6.45, 7) is 4.13. The van der Waals surface area contributed by atoms with Gasteiger partial charge < -0.3 is 5.32 Å². The van der Waals surface area contributed by atoms with E-state index >= 15 is 0 Å². The first kappa shape index (κ1) is 17.5. The molecule has 3 aromatic rings. The van der Waals surface area contributed by atoms with Gasteiger partial charge in [0.25, 0.3) is 0 Å². The summed E-state index contributed by atoms with van der Waals surface area (Å²) in [6.07, 6.45) is 5.30. The number of halogens is 2. The first-order valence-electron chi connectivity index (χ1n) is 7.72. The van der Waals surface area contributed by atoms with Crippen molar-refractivity contribution in [2.24, 2.45) is 0 Å². The summed E-state index contributed by atoms with van der Waals surface area (Å²) < 4.78 is 3.29. The number of aryl methyl sites for hydroxylation is 1. The molecule has 0 spiro atoms. The Bertz CT molecular complexity index is 882. The fraction of sp³-hybridized carbons (Fsp3) is 0.235.